The van der Waals surface area contributed by atoms with E-state index in [-0.39, 0.29) is 11.8 Å². The zero-order valence-corrected chi connectivity index (χ0v) is 15.8. The number of benzene rings is 2. The quantitative estimate of drug-likeness (QED) is 0.813. The van der Waals surface area contributed by atoms with Gasteiger partial charge in [0.25, 0.3) is 0 Å². The Morgan fingerprint density at radius 3 is 2.69 bits per heavy atom. The molecule has 2 amide bonds. The molecule has 0 saturated carbocycles. The number of amides is 2. The molecule has 4 rings (SSSR count). The average molecular weight is 387 g/mol. The summed E-state index contributed by atoms with van der Waals surface area (Å²) in [4.78, 5) is 28.0. The highest BCUT2D eigenvalue weighted by Crippen LogP contribution is 2.44. The third-order valence-corrected chi connectivity index (χ3v) is 6.47. The van der Waals surface area contributed by atoms with Gasteiger partial charge < -0.3 is 10.2 Å². The Balaban J connectivity index is 1.39. The molecule has 0 aromatic heterocycles. The lowest BCUT2D eigenvalue weighted by molar-refractivity contribution is -0.132. The molecule has 1 saturated heterocycles. The number of anilines is 1. The summed E-state index contributed by atoms with van der Waals surface area (Å²) in [5, 5.41) is 3.67. The molecule has 1 fully saturated rings. The maximum atomic E-state index is 12.6. The van der Waals surface area contributed by atoms with Crippen molar-refractivity contribution < 1.29 is 9.59 Å². The molecule has 0 aliphatic carbocycles. The first-order valence-corrected chi connectivity index (χ1v) is 10.0. The summed E-state index contributed by atoms with van der Waals surface area (Å²) in [5.74, 6) is 0.562. The summed E-state index contributed by atoms with van der Waals surface area (Å²) in [6, 6.07) is 15.4. The minimum atomic E-state index is -0.479. The molecule has 1 spiro atoms. The van der Waals surface area contributed by atoms with Crippen molar-refractivity contribution in [3.8, 4) is 0 Å². The summed E-state index contributed by atoms with van der Waals surface area (Å²) in [6.07, 6.45) is 1.34. The van der Waals surface area contributed by atoms with Crippen molar-refractivity contribution in [3.05, 3.63) is 59.1 Å². The number of likely N-dealkylation sites (tertiary alicyclic amines) is 1. The number of carbonyl (C=O) groups excluding carboxylic acids is 2. The van der Waals surface area contributed by atoms with Crippen molar-refractivity contribution in [2.75, 3.05) is 24.2 Å². The molecule has 2 aromatic carbocycles. The molecular weight excluding hydrogens is 368 g/mol. The lowest BCUT2D eigenvalue weighted by atomic mass is 9.73. The van der Waals surface area contributed by atoms with Crippen molar-refractivity contribution in [3.63, 3.8) is 0 Å². The number of para-hydroxylation sites is 1. The van der Waals surface area contributed by atoms with Gasteiger partial charge in [0.15, 0.2) is 0 Å². The molecule has 0 radical (unpaired) electrons. The number of nitrogens with zero attached hydrogens (tertiary/aromatic N) is 1. The Kier molecular flexibility index (Phi) is 4.67. The van der Waals surface area contributed by atoms with E-state index in [0.717, 1.165) is 16.1 Å². The zero-order chi connectivity index (χ0) is 18.1. The van der Waals surface area contributed by atoms with Crippen molar-refractivity contribution >= 4 is 40.9 Å². The number of hydrogen-bond acceptors (Lipinski definition) is 3. The van der Waals surface area contributed by atoms with E-state index in [2.05, 4.69) is 5.32 Å². The number of nitrogens with one attached hydrogen (secondary N) is 1. The van der Waals surface area contributed by atoms with E-state index in [0.29, 0.717) is 36.7 Å². The second-order valence-corrected chi connectivity index (χ2v) is 8.19. The molecule has 0 bridgehead atoms. The lowest BCUT2D eigenvalue weighted by Gasteiger charge is -2.38. The molecule has 0 unspecified atom stereocenters. The molecule has 2 aromatic rings. The smallest absolute Gasteiger partial charge is 0.235 e. The fourth-order valence-corrected chi connectivity index (χ4v) is 4.91. The highest BCUT2D eigenvalue weighted by atomic mass is 35.5. The van der Waals surface area contributed by atoms with E-state index >= 15 is 0 Å². The summed E-state index contributed by atoms with van der Waals surface area (Å²) < 4.78 is 0. The van der Waals surface area contributed by atoms with E-state index in [9.17, 15) is 9.59 Å². The second kappa shape index (κ2) is 6.97. The van der Waals surface area contributed by atoms with Crippen LogP contribution in [0.2, 0.25) is 5.02 Å². The van der Waals surface area contributed by atoms with Gasteiger partial charge in [-0.05, 0) is 42.7 Å². The van der Waals surface area contributed by atoms with Crippen LogP contribution in [0.3, 0.4) is 0 Å². The molecule has 2 aliphatic rings. The molecule has 2 heterocycles. The highest BCUT2D eigenvalue weighted by Gasteiger charge is 2.48. The predicted octanol–water partition coefficient (Wildman–Crippen LogP) is 3.94. The van der Waals surface area contributed by atoms with Crippen molar-refractivity contribution in [2.45, 2.75) is 23.2 Å². The van der Waals surface area contributed by atoms with Crippen LogP contribution in [-0.4, -0.2) is 35.6 Å². The fourth-order valence-electron chi connectivity index (χ4n) is 3.80. The van der Waals surface area contributed by atoms with Crippen LogP contribution in [0.4, 0.5) is 5.69 Å². The molecule has 2 aliphatic heterocycles. The number of halogens is 1. The van der Waals surface area contributed by atoms with Gasteiger partial charge >= 0.3 is 0 Å². The van der Waals surface area contributed by atoms with Crippen LogP contribution < -0.4 is 5.32 Å². The highest BCUT2D eigenvalue weighted by molar-refractivity contribution is 8.00. The maximum Gasteiger partial charge on any atom is 0.235 e. The fraction of sp³-hybridized carbons (Fsp3) is 0.300. The lowest BCUT2D eigenvalue weighted by Crippen LogP contribution is -2.48. The first kappa shape index (κ1) is 17.4. The minimum Gasteiger partial charge on any atom is -0.342 e. The van der Waals surface area contributed by atoms with Gasteiger partial charge in [-0.2, -0.15) is 0 Å². The van der Waals surface area contributed by atoms with Gasteiger partial charge in [0.05, 0.1) is 11.2 Å². The van der Waals surface area contributed by atoms with Crippen LogP contribution in [0.5, 0.6) is 0 Å². The zero-order valence-electron chi connectivity index (χ0n) is 14.2. The van der Waals surface area contributed by atoms with Crippen molar-refractivity contribution in [1.29, 1.82) is 0 Å². The molecule has 26 heavy (non-hydrogen) atoms. The predicted molar refractivity (Wildman–Crippen MR) is 105 cm³/mol. The molecule has 1 N–H and O–H groups in total. The van der Waals surface area contributed by atoms with Gasteiger partial charge in [0.1, 0.15) is 0 Å². The van der Waals surface area contributed by atoms with Gasteiger partial charge in [-0.1, -0.05) is 35.9 Å². The number of fused-ring (bicyclic) bond motifs is 2. The summed E-state index contributed by atoms with van der Waals surface area (Å²) >= 11 is 7.48. The third kappa shape index (κ3) is 3.10. The third-order valence-electron chi connectivity index (χ3n) is 5.25. The van der Waals surface area contributed by atoms with Gasteiger partial charge in [-0.15, -0.1) is 11.8 Å². The number of piperidine rings is 1. The number of carbonyl (C=O) groups is 2. The van der Waals surface area contributed by atoms with E-state index in [1.165, 1.54) is 11.8 Å². The topological polar surface area (TPSA) is 49.4 Å². The standard InChI is InChI=1S/C20H19ClN2O2S/c21-14-4-3-5-15(12-14)26-13-18(24)23-10-8-20(9-11-23)16-6-1-2-7-17(16)22-19(20)25/h1-7,12H,8-11,13H2,(H,22,25). The number of hydrogen-bond donors (Lipinski definition) is 1. The van der Waals surface area contributed by atoms with E-state index in [4.69, 9.17) is 11.6 Å². The molecule has 6 heteroatoms. The van der Waals surface area contributed by atoms with Crippen LogP contribution in [-0.2, 0) is 15.0 Å². The Morgan fingerprint density at radius 1 is 1.15 bits per heavy atom. The first-order valence-electron chi connectivity index (χ1n) is 8.66. The Hall–Kier alpha value is -1.98. The second-order valence-electron chi connectivity index (χ2n) is 6.71. The van der Waals surface area contributed by atoms with Crippen LogP contribution in [0.25, 0.3) is 0 Å². The van der Waals surface area contributed by atoms with E-state index in [1.807, 2.05) is 53.4 Å². The van der Waals surface area contributed by atoms with Crippen molar-refractivity contribution in [1.82, 2.24) is 4.90 Å². The Labute approximate surface area is 161 Å². The summed E-state index contributed by atoms with van der Waals surface area (Å²) in [6.45, 7) is 1.22. The average Bonchev–Trinajstić information content (AvgIpc) is 2.92. The van der Waals surface area contributed by atoms with Crippen molar-refractivity contribution in [2.24, 2.45) is 0 Å². The summed E-state index contributed by atoms with van der Waals surface area (Å²) in [7, 11) is 0. The van der Waals surface area contributed by atoms with E-state index in [1.54, 1.807) is 0 Å². The molecule has 134 valence electrons. The summed E-state index contributed by atoms with van der Waals surface area (Å²) in [5.41, 5.74) is 1.51. The van der Waals surface area contributed by atoms with Crippen LogP contribution in [0.15, 0.2) is 53.4 Å². The maximum absolute atomic E-state index is 12.6. The molecule has 0 atom stereocenters. The molecular formula is C20H19ClN2O2S. The van der Waals surface area contributed by atoms with Gasteiger partial charge in [0, 0.05) is 28.7 Å². The minimum absolute atomic E-state index is 0.0686. The molecule has 4 nitrogen and oxygen atoms in total. The first-order chi connectivity index (χ1) is 12.6. The van der Waals surface area contributed by atoms with Crippen LogP contribution >= 0.6 is 23.4 Å². The monoisotopic (exact) mass is 386 g/mol. The SMILES string of the molecule is O=C(CSc1cccc(Cl)c1)N1CCC2(CC1)C(=O)Nc1ccccc12. The number of thioether (sulfide) groups is 1. The van der Waals surface area contributed by atoms with Crippen LogP contribution in [0.1, 0.15) is 18.4 Å². The van der Waals surface area contributed by atoms with E-state index < -0.39 is 5.41 Å². The number of rotatable bonds is 3. The van der Waals surface area contributed by atoms with Gasteiger partial charge in [-0.3, -0.25) is 9.59 Å². The largest absolute Gasteiger partial charge is 0.342 e. The van der Waals surface area contributed by atoms with Crippen LogP contribution in [0, 0.1) is 0 Å². The normalized spacial score (nSPS) is 17.9. The Morgan fingerprint density at radius 2 is 1.92 bits per heavy atom. The van der Waals surface area contributed by atoms with Gasteiger partial charge in [-0.25, -0.2) is 0 Å². The Bertz CT molecular complexity index is 862. The van der Waals surface area contributed by atoms with Gasteiger partial charge in [0.2, 0.25) is 11.8 Å².